The molecular formula is C17H26N2O. The van der Waals surface area contributed by atoms with Crippen LogP contribution in [0.15, 0.2) is 17.2 Å². The number of Topliss-reactive ketones (excluding diaryl/α,β-unsaturated/α-hetero) is 1. The number of nitrogens with two attached hydrogens (primary N) is 1. The predicted molar refractivity (Wildman–Crippen MR) is 85.7 cm³/mol. The van der Waals surface area contributed by atoms with Gasteiger partial charge >= 0.3 is 0 Å². The van der Waals surface area contributed by atoms with Crippen LogP contribution < -0.4 is 5.84 Å². The molecule has 0 radical (unpaired) electrons. The van der Waals surface area contributed by atoms with Crippen molar-refractivity contribution in [3.05, 3.63) is 34.4 Å². The molecule has 2 N–H and O–H groups in total. The second kappa shape index (κ2) is 6.69. The highest BCUT2D eigenvalue weighted by Crippen LogP contribution is 2.32. The monoisotopic (exact) mass is 274 g/mol. The summed E-state index contributed by atoms with van der Waals surface area (Å²) < 4.78 is 0. The molecule has 3 nitrogen and oxygen atoms in total. The topological polar surface area (TPSA) is 55.5 Å². The summed E-state index contributed by atoms with van der Waals surface area (Å²) in [5, 5.41) is 3.40. The first-order valence-electron chi connectivity index (χ1n) is 7.24. The smallest absolute Gasteiger partial charge is 0.206 e. The van der Waals surface area contributed by atoms with Gasteiger partial charge in [-0.15, -0.1) is 0 Å². The van der Waals surface area contributed by atoms with Gasteiger partial charge in [0.15, 0.2) is 0 Å². The third-order valence-electron chi connectivity index (χ3n) is 3.57. The first-order chi connectivity index (χ1) is 9.29. The zero-order valence-corrected chi connectivity index (χ0v) is 13.4. The van der Waals surface area contributed by atoms with E-state index in [0.29, 0.717) is 5.92 Å². The molecule has 0 aliphatic carbocycles. The van der Waals surface area contributed by atoms with Crippen LogP contribution >= 0.6 is 0 Å². The fraction of sp³-hybridized carbons (Fsp3) is 0.529. The summed E-state index contributed by atoms with van der Waals surface area (Å²) in [7, 11) is 0. The number of hydrogen-bond acceptors (Lipinski definition) is 3. The van der Waals surface area contributed by atoms with Crippen molar-refractivity contribution < 1.29 is 4.79 Å². The molecule has 0 spiro atoms. The molecule has 0 heterocycles. The maximum atomic E-state index is 12.3. The summed E-state index contributed by atoms with van der Waals surface area (Å²) in [6, 6.07) is 4.30. The Hall–Kier alpha value is -1.64. The summed E-state index contributed by atoms with van der Waals surface area (Å²) in [6.45, 7) is 12.8. The Morgan fingerprint density at radius 2 is 1.45 bits per heavy atom. The van der Waals surface area contributed by atoms with Crippen LogP contribution in [0.2, 0.25) is 0 Å². The van der Waals surface area contributed by atoms with Gasteiger partial charge in [0.2, 0.25) is 5.78 Å². The van der Waals surface area contributed by atoms with Gasteiger partial charge in [-0.3, -0.25) is 4.79 Å². The molecule has 0 aromatic heterocycles. The van der Waals surface area contributed by atoms with Gasteiger partial charge in [-0.25, -0.2) is 0 Å². The van der Waals surface area contributed by atoms with Gasteiger partial charge in [0.05, 0.1) is 6.21 Å². The molecule has 0 amide bonds. The zero-order valence-electron chi connectivity index (χ0n) is 13.4. The summed E-state index contributed by atoms with van der Waals surface area (Å²) in [6.07, 6.45) is 1.21. The van der Waals surface area contributed by atoms with Gasteiger partial charge < -0.3 is 5.84 Å². The standard InChI is InChI=1S/C17H26N2O/c1-10(2)13-7-14(11(3)4)17(16(20)9-19-18)15(8-13)12(5)6/h7-12H,18H2,1-6H3/b19-9+. The number of nitrogens with zero attached hydrogens (tertiary/aromatic N) is 1. The van der Waals surface area contributed by atoms with Gasteiger partial charge in [0, 0.05) is 5.56 Å². The molecule has 0 aliphatic heterocycles. The minimum absolute atomic E-state index is 0.102. The lowest BCUT2D eigenvalue weighted by molar-refractivity contribution is 0.106. The summed E-state index contributed by atoms with van der Waals surface area (Å²) in [5.41, 5.74) is 4.22. The van der Waals surface area contributed by atoms with Crippen LogP contribution in [0, 0.1) is 0 Å². The lowest BCUT2D eigenvalue weighted by Crippen LogP contribution is -2.13. The summed E-state index contributed by atoms with van der Waals surface area (Å²) in [5.74, 6) is 6.06. The van der Waals surface area contributed by atoms with E-state index in [0.717, 1.165) is 16.7 Å². The van der Waals surface area contributed by atoms with E-state index >= 15 is 0 Å². The van der Waals surface area contributed by atoms with Gasteiger partial charge in [-0.2, -0.15) is 5.10 Å². The summed E-state index contributed by atoms with van der Waals surface area (Å²) >= 11 is 0. The van der Waals surface area contributed by atoms with Crippen LogP contribution in [0.3, 0.4) is 0 Å². The van der Waals surface area contributed by atoms with Crippen LogP contribution in [0.5, 0.6) is 0 Å². The fourth-order valence-electron chi connectivity index (χ4n) is 2.37. The van der Waals surface area contributed by atoms with E-state index in [9.17, 15) is 4.79 Å². The molecule has 1 aromatic rings. The second-order valence-corrected chi connectivity index (χ2v) is 6.18. The van der Waals surface area contributed by atoms with E-state index in [1.54, 1.807) is 0 Å². The maximum absolute atomic E-state index is 12.3. The Kier molecular flexibility index (Phi) is 5.49. The number of carbonyl (C=O) groups is 1. The average molecular weight is 274 g/mol. The first-order valence-corrected chi connectivity index (χ1v) is 7.24. The van der Waals surface area contributed by atoms with Crippen molar-refractivity contribution >= 4 is 12.0 Å². The van der Waals surface area contributed by atoms with E-state index < -0.39 is 0 Å². The SMILES string of the molecule is CC(C)c1cc(C(C)C)c(C(=O)/C=N/N)c(C(C)C)c1. The number of benzene rings is 1. The Morgan fingerprint density at radius 1 is 1.00 bits per heavy atom. The van der Waals surface area contributed by atoms with Gasteiger partial charge in [0.1, 0.15) is 0 Å². The lowest BCUT2D eigenvalue weighted by Gasteiger charge is -2.21. The normalized spacial score (nSPS) is 12.1. The van der Waals surface area contributed by atoms with Gasteiger partial charge in [-0.05, 0) is 34.4 Å². The number of hydrogen-bond donors (Lipinski definition) is 1. The minimum atomic E-state index is -0.102. The number of rotatable bonds is 5. The largest absolute Gasteiger partial charge is 0.323 e. The van der Waals surface area contributed by atoms with Crippen molar-refractivity contribution in [2.24, 2.45) is 10.9 Å². The predicted octanol–water partition coefficient (Wildman–Crippen LogP) is 4.18. The van der Waals surface area contributed by atoms with E-state index in [4.69, 9.17) is 5.84 Å². The lowest BCUT2D eigenvalue weighted by atomic mass is 9.83. The minimum Gasteiger partial charge on any atom is -0.323 e. The highest BCUT2D eigenvalue weighted by molar-refractivity contribution is 6.36. The van der Waals surface area contributed by atoms with Crippen molar-refractivity contribution in [3.63, 3.8) is 0 Å². The van der Waals surface area contributed by atoms with Crippen molar-refractivity contribution in [3.8, 4) is 0 Å². The molecule has 0 saturated heterocycles. The van der Waals surface area contributed by atoms with Gasteiger partial charge in [0.25, 0.3) is 0 Å². The fourth-order valence-corrected chi connectivity index (χ4v) is 2.37. The molecule has 3 heteroatoms. The molecule has 110 valence electrons. The van der Waals surface area contributed by atoms with Crippen LogP contribution in [0.4, 0.5) is 0 Å². The average Bonchev–Trinajstić information content (AvgIpc) is 2.36. The molecule has 0 aliphatic rings. The first kappa shape index (κ1) is 16.4. The Balaban J connectivity index is 3.63. The van der Waals surface area contributed by atoms with E-state index in [1.807, 2.05) is 0 Å². The van der Waals surface area contributed by atoms with Crippen LogP contribution in [0.25, 0.3) is 0 Å². The van der Waals surface area contributed by atoms with Crippen molar-refractivity contribution in [1.82, 2.24) is 0 Å². The Labute approximate surface area is 122 Å². The molecule has 0 bridgehead atoms. The molecule has 20 heavy (non-hydrogen) atoms. The highest BCUT2D eigenvalue weighted by Gasteiger charge is 2.21. The molecular weight excluding hydrogens is 248 g/mol. The summed E-state index contributed by atoms with van der Waals surface area (Å²) in [4.78, 5) is 12.3. The molecule has 0 atom stereocenters. The number of ketones is 1. The van der Waals surface area contributed by atoms with E-state index in [2.05, 4.69) is 58.8 Å². The van der Waals surface area contributed by atoms with Crippen LogP contribution in [0.1, 0.15) is 86.3 Å². The van der Waals surface area contributed by atoms with Crippen LogP contribution in [-0.4, -0.2) is 12.0 Å². The number of hydrazone groups is 1. The molecule has 0 unspecified atom stereocenters. The molecule has 1 aromatic carbocycles. The Bertz CT molecular complexity index is 485. The Morgan fingerprint density at radius 3 is 1.75 bits per heavy atom. The second-order valence-electron chi connectivity index (χ2n) is 6.18. The number of carbonyl (C=O) groups excluding carboxylic acids is 1. The maximum Gasteiger partial charge on any atom is 0.206 e. The van der Waals surface area contributed by atoms with Crippen LogP contribution in [-0.2, 0) is 0 Å². The van der Waals surface area contributed by atoms with Gasteiger partial charge in [-0.1, -0.05) is 53.7 Å². The van der Waals surface area contributed by atoms with Crippen molar-refractivity contribution in [2.75, 3.05) is 0 Å². The van der Waals surface area contributed by atoms with Crippen molar-refractivity contribution in [1.29, 1.82) is 0 Å². The molecule has 0 saturated carbocycles. The third-order valence-corrected chi connectivity index (χ3v) is 3.57. The molecule has 1 rings (SSSR count). The zero-order chi connectivity index (χ0) is 15.4. The van der Waals surface area contributed by atoms with E-state index in [1.165, 1.54) is 11.8 Å². The molecule has 0 fully saturated rings. The third kappa shape index (κ3) is 3.47. The van der Waals surface area contributed by atoms with Crippen molar-refractivity contribution in [2.45, 2.75) is 59.3 Å². The van der Waals surface area contributed by atoms with E-state index in [-0.39, 0.29) is 17.6 Å². The quantitative estimate of drug-likeness (QED) is 0.379. The highest BCUT2D eigenvalue weighted by atomic mass is 16.1.